The predicted octanol–water partition coefficient (Wildman–Crippen LogP) is 2.17. The Kier molecular flexibility index (Phi) is 5.06. The molecule has 0 aliphatic heterocycles. The summed E-state index contributed by atoms with van der Waals surface area (Å²) >= 11 is 0. The van der Waals surface area contributed by atoms with Crippen molar-refractivity contribution in [3.05, 3.63) is 59.7 Å². The summed E-state index contributed by atoms with van der Waals surface area (Å²) in [4.78, 5) is 24.0. The standard InChI is InChI=1S/C18H18N2O5S/c1-25-18(22)13-5-2-6-15(10-13)19-17(21)12-4-3-7-16(11-12)26(23,24)20-14-8-9-14/h2-7,10-11,14,20H,8-9H2,1H3,(H,19,21). The largest absolute Gasteiger partial charge is 0.465 e. The van der Waals surface area contributed by atoms with E-state index in [2.05, 4.69) is 14.8 Å². The van der Waals surface area contributed by atoms with Crippen LogP contribution in [0.3, 0.4) is 0 Å². The number of amides is 1. The number of hydrogen-bond donors (Lipinski definition) is 2. The fraction of sp³-hybridized carbons (Fsp3) is 0.222. The molecule has 3 rings (SSSR count). The molecule has 26 heavy (non-hydrogen) atoms. The Morgan fingerprint density at radius 3 is 2.42 bits per heavy atom. The molecule has 0 bridgehead atoms. The van der Waals surface area contributed by atoms with Crippen molar-refractivity contribution in [1.29, 1.82) is 0 Å². The summed E-state index contributed by atoms with van der Waals surface area (Å²) in [5, 5.41) is 2.65. The second-order valence-electron chi connectivity index (χ2n) is 5.95. The van der Waals surface area contributed by atoms with Crippen LogP contribution in [0.5, 0.6) is 0 Å². The smallest absolute Gasteiger partial charge is 0.337 e. The van der Waals surface area contributed by atoms with Gasteiger partial charge < -0.3 is 10.1 Å². The van der Waals surface area contributed by atoms with Crippen LogP contribution in [0.1, 0.15) is 33.6 Å². The number of anilines is 1. The van der Waals surface area contributed by atoms with Gasteiger partial charge in [0.15, 0.2) is 0 Å². The van der Waals surface area contributed by atoms with Crippen molar-refractivity contribution in [2.75, 3.05) is 12.4 Å². The van der Waals surface area contributed by atoms with Gasteiger partial charge in [0, 0.05) is 17.3 Å². The zero-order valence-electron chi connectivity index (χ0n) is 14.1. The number of ether oxygens (including phenoxy) is 1. The second-order valence-corrected chi connectivity index (χ2v) is 7.66. The summed E-state index contributed by atoms with van der Waals surface area (Å²) in [6.45, 7) is 0. The highest BCUT2D eigenvalue weighted by Gasteiger charge is 2.28. The Hall–Kier alpha value is -2.71. The number of carbonyl (C=O) groups excluding carboxylic acids is 2. The van der Waals surface area contributed by atoms with Crippen LogP contribution >= 0.6 is 0 Å². The van der Waals surface area contributed by atoms with Gasteiger partial charge in [-0.1, -0.05) is 12.1 Å². The minimum absolute atomic E-state index is 0.0152. The molecular formula is C18H18N2O5S. The van der Waals surface area contributed by atoms with E-state index in [0.717, 1.165) is 12.8 Å². The van der Waals surface area contributed by atoms with E-state index in [1.807, 2.05) is 0 Å². The van der Waals surface area contributed by atoms with Gasteiger partial charge in [-0.05, 0) is 49.2 Å². The van der Waals surface area contributed by atoms with Gasteiger partial charge in [-0.25, -0.2) is 17.9 Å². The Balaban J connectivity index is 1.78. The number of rotatable bonds is 6. The first-order valence-electron chi connectivity index (χ1n) is 8.01. The SMILES string of the molecule is COC(=O)c1cccc(NC(=O)c2cccc(S(=O)(=O)NC3CC3)c2)c1. The highest BCUT2D eigenvalue weighted by molar-refractivity contribution is 7.89. The van der Waals surface area contributed by atoms with Crippen molar-refractivity contribution in [1.82, 2.24) is 4.72 Å². The van der Waals surface area contributed by atoms with E-state index in [-0.39, 0.29) is 16.5 Å². The van der Waals surface area contributed by atoms with Crippen LogP contribution in [0.2, 0.25) is 0 Å². The lowest BCUT2D eigenvalue weighted by Gasteiger charge is -2.09. The van der Waals surface area contributed by atoms with E-state index in [9.17, 15) is 18.0 Å². The fourth-order valence-corrected chi connectivity index (χ4v) is 3.69. The quantitative estimate of drug-likeness (QED) is 0.755. The van der Waals surface area contributed by atoms with Crippen LogP contribution in [-0.4, -0.2) is 33.4 Å². The lowest BCUT2D eigenvalue weighted by atomic mass is 10.1. The average Bonchev–Trinajstić information content (AvgIpc) is 3.44. The minimum Gasteiger partial charge on any atom is -0.465 e. The molecule has 2 aromatic rings. The topological polar surface area (TPSA) is 102 Å². The zero-order chi connectivity index (χ0) is 18.7. The van der Waals surface area contributed by atoms with Crippen LogP contribution in [-0.2, 0) is 14.8 Å². The Morgan fingerprint density at radius 1 is 1.04 bits per heavy atom. The van der Waals surface area contributed by atoms with E-state index in [1.54, 1.807) is 18.2 Å². The summed E-state index contributed by atoms with van der Waals surface area (Å²) in [6, 6.07) is 12.1. The van der Waals surface area contributed by atoms with E-state index in [1.165, 1.54) is 37.4 Å². The van der Waals surface area contributed by atoms with Gasteiger partial charge >= 0.3 is 5.97 Å². The lowest BCUT2D eigenvalue weighted by Crippen LogP contribution is -2.26. The maximum Gasteiger partial charge on any atom is 0.337 e. The average molecular weight is 374 g/mol. The third kappa shape index (κ3) is 4.27. The van der Waals surface area contributed by atoms with Crippen molar-refractivity contribution in [3.8, 4) is 0 Å². The zero-order valence-corrected chi connectivity index (χ0v) is 14.9. The number of carbonyl (C=O) groups is 2. The number of methoxy groups -OCH3 is 1. The van der Waals surface area contributed by atoms with Crippen LogP contribution in [0.15, 0.2) is 53.4 Å². The van der Waals surface area contributed by atoms with Gasteiger partial charge in [-0.15, -0.1) is 0 Å². The van der Waals surface area contributed by atoms with Crippen LogP contribution in [0, 0.1) is 0 Å². The molecule has 0 spiro atoms. The molecule has 1 aliphatic rings. The van der Waals surface area contributed by atoms with Gasteiger partial charge in [-0.2, -0.15) is 0 Å². The third-order valence-corrected chi connectivity index (χ3v) is 5.37. The number of sulfonamides is 1. The Bertz CT molecular complexity index is 952. The molecule has 8 heteroatoms. The second kappa shape index (κ2) is 7.27. The molecule has 136 valence electrons. The molecule has 0 aromatic heterocycles. The van der Waals surface area contributed by atoms with E-state index >= 15 is 0 Å². The molecule has 0 radical (unpaired) electrons. The van der Waals surface area contributed by atoms with Crippen molar-refractivity contribution >= 4 is 27.6 Å². The molecule has 1 saturated carbocycles. The molecule has 0 heterocycles. The highest BCUT2D eigenvalue weighted by atomic mass is 32.2. The van der Waals surface area contributed by atoms with Crippen LogP contribution < -0.4 is 10.0 Å². The number of esters is 1. The third-order valence-electron chi connectivity index (χ3n) is 3.85. The van der Waals surface area contributed by atoms with Crippen molar-refractivity contribution < 1.29 is 22.7 Å². The van der Waals surface area contributed by atoms with Crippen molar-refractivity contribution in [2.24, 2.45) is 0 Å². The summed E-state index contributed by atoms with van der Waals surface area (Å²) in [7, 11) is -2.37. The molecule has 1 fully saturated rings. The van der Waals surface area contributed by atoms with E-state index in [4.69, 9.17) is 0 Å². The summed E-state index contributed by atoms with van der Waals surface area (Å²) in [5.74, 6) is -0.990. The first-order chi connectivity index (χ1) is 12.4. The number of hydrogen-bond acceptors (Lipinski definition) is 5. The van der Waals surface area contributed by atoms with Crippen molar-refractivity contribution in [3.63, 3.8) is 0 Å². The Labute approximate surface area is 151 Å². The summed E-state index contributed by atoms with van der Waals surface area (Å²) < 4.78 is 31.8. The van der Waals surface area contributed by atoms with Crippen molar-refractivity contribution in [2.45, 2.75) is 23.8 Å². The highest BCUT2D eigenvalue weighted by Crippen LogP contribution is 2.22. The van der Waals surface area contributed by atoms with Gasteiger partial charge in [-0.3, -0.25) is 4.79 Å². The fourth-order valence-electron chi connectivity index (χ4n) is 2.34. The predicted molar refractivity (Wildman–Crippen MR) is 95.5 cm³/mol. The molecule has 1 amide bonds. The normalized spacial score (nSPS) is 13.9. The molecule has 0 atom stereocenters. The summed E-state index contributed by atoms with van der Waals surface area (Å²) in [5.41, 5.74) is 0.907. The van der Waals surface area contributed by atoms with Gasteiger partial charge in [0.2, 0.25) is 10.0 Å². The lowest BCUT2D eigenvalue weighted by molar-refractivity contribution is 0.0600. The number of nitrogens with one attached hydrogen (secondary N) is 2. The van der Waals surface area contributed by atoms with Gasteiger partial charge in [0.25, 0.3) is 5.91 Å². The first-order valence-corrected chi connectivity index (χ1v) is 9.49. The summed E-state index contributed by atoms with van der Waals surface area (Å²) in [6.07, 6.45) is 1.66. The monoisotopic (exact) mass is 374 g/mol. The molecular weight excluding hydrogens is 356 g/mol. The molecule has 2 N–H and O–H groups in total. The molecule has 7 nitrogen and oxygen atoms in total. The minimum atomic E-state index is -3.64. The molecule has 2 aromatic carbocycles. The van der Waals surface area contributed by atoms with Crippen LogP contribution in [0.25, 0.3) is 0 Å². The van der Waals surface area contributed by atoms with E-state index in [0.29, 0.717) is 11.3 Å². The van der Waals surface area contributed by atoms with Gasteiger partial charge in [0.1, 0.15) is 0 Å². The van der Waals surface area contributed by atoms with Gasteiger partial charge in [0.05, 0.1) is 17.6 Å². The molecule has 0 unspecified atom stereocenters. The maximum absolute atomic E-state index is 12.4. The van der Waals surface area contributed by atoms with E-state index < -0.39 is 21.9 Å². The molecule has 0 saturated heterocycles. The first kappa shape index (κ1) is 18.1. The molecule has 1 aliphatic carbocycles. The Morgan fingerprint density at radius 2 is 1.73 bits per heavy atom. The van der Waals surface area contributed by atoms with Crippen LogP contribution in [0.4, 0.5) is 5.69 Å². The maximum atomic E-state index is 12.4. The number of benzene rings is 2.